The number of nitrogens with two attached hydrogens (primary N) is 1. The van der Waals surface area contributed by atoms with Crippen LogP contribution in [0.3, 0.4) is 0 Å². The van der Waals surface area contributed by atoms with Gasteiger partial charge in [-0.2, -0.15) is 0 Å². The molecule has 0 saturated carbocycles. The summed E-state index contributed by atoms with van der Waals surface area (Å²) >= 11 is 0. The van der Waals surface area contributed by atoms with E-state index >= 15 is 0 Å². The third-order valence-corrected chi connectivity index (χ3v) is 2.78. The molecule has 1 aromatic heterocycles. The lowest BCUT2D eigenvalue weighted by molar-refractivity contribution is -0.119. The quantitative estimate of drug-likeness (QED) is 0.659. The summed E-state index contributed by atoms with van der Waals surface area (Å²) in [6.45, 7) is 1.42. The molecule has 0 aliphatic carbocycles. The summed E-state index contributed by atoms with van der Waals surface area (Å²) in [6, 6.07) is 10.1. The van der Waals surface area contributed by atoms with Crippen molar-refractivity contribution in [3.05, 3.63) is 53.7 Å². The van der Waals surface area contributed by atoms with Gasteiger partial charge in [-0.3, -0.25) is 4.79 Å². The number of aromatic nitrogens is 1. The predicted molar refractivity (Wildman–Crippen MR) is 78.7 cm³/mol. The second-order valence-electron chi connectivity index (χ2n) is 4.38. The van der Waals surface area contributed by atoms with E-state index in [0.29, 0.717) is 11.5 Å². The molecule has 6 nitrogen and oxygen atoms in total. The zero-order chi connectivity index (χ0) is 15.2. The van der Waals surface area contributed by atoms with Crippen LogP contribution >= 0.6 is 0 Å². The third-order valence-electron chi connectivity index (χ3n) is 2.78. The van der Waals surface area contributed by atoms with E-state index in [1.54, 1.807) is 36.5 Å². The summed E-state index contributed by atoms with van der Waals surface area (Å²) in [5, 5.41) is 2.57. The average molecular weight is 285 g/mol. The Hall–Kier alpha value is -2.89. The zero-order valence-corrected chi connectivity index (χ0v) is 11.5. The van der Waals surface area contributed by atoms with Crippen LogP contribution in [0, 0.1) is 6.92 Å². The second-order valence-corrected chi connectivity index (χ2v) is 4.38. The molecule has 1 heterocycles. The van der Waals surface area contributed by atoms with E-state index in [1.165, 1.54) is 0 Å². The highest BCUT2D eigenvalue weighted by Gasteiger charge is 2.13. The van der Waals surface area contributed by atoms with Crippen LogP contribution in [0.5, 0.6) is 0 Å². The minimum atomic E-state index is -0.638. The lowest BCUT2D eigenvalue weighted by atomic mass is 10.2. The fourth-order valence-corrected chi connectivity index (χ4v) is 1.68. The molecule has 0 unspecified atom stereocenters. The van der Waals surface area contributed by atoms with E-state index in [9.17, 15) is 9.59 Å². The number of para-hydroxylation sites is 1. The summed E-state index contributed by atoms with van der Waals surface area (Å²) in [6.07, 6.45) is 1.57. The smallest absolute Gasteiger partial charge is 0.340 e. The van der Waals surface area contributed by atoms with Gasteiger partial charge in [-0.05, 0) is 30.7 Å². The minimum Gasteiger partial charge on any atom is -0.452 e. The maximum Gasteiger partial charge on any atom is 0.340 e. The number of pyridine rings is 1. The lowest BCUT2D eigenvalue weighted by Gasteiger charge is -2.08. The molecule has 0 aliphatic heterocycles. The molecule has 2 rings (SSSR count). The third kappa shape index (κ3) is 3.79. The number of amides is 1. The van der Waals surface area contributed by atoms with E-state index < -0.39 is 18.5 Å². The first-order valence-corrected chi connectivity index (χ1v) is 6.31. The molecule has 3 N–H and O–H groups in total. The molecule has 108 valence electrons. The van der Waals surface area contributed by atoms with Crippen LogP contribution in [0.1, 0.15) is 15.9 Å². The minimum absolute atomic E-state index is 0.235. The number of nitrogen functional groups attached to an aromatic ring is 1. The second kappa shape index (κ2) is 6.51. The van der Waals surface area contributed by atoms with Crippen molar-refractivity contribution in [3.8, 4) is 0 Å². The normalized spacial score (nSPS) is 9.95. The zero-order valence-electron chi connectivity index (χ0n) is 11.5. The van der Waals surface area contributed by atoms with Gasteiger partial charge in [0.1, 0.15) is 5.82 Å². The van der Waals surface area contributed by atoms with Gasteiger partial charge in [0, 0.05) is 11.9 Å². The first-order chi connectivity index (χ1) is 10.1. The number of esters is 1. The molecule has 0 saturated heterocycles. The predicted octanol–water partition coefficient (Wildman–Crippen LogP) is 1.77. The standard InChI is InChI=1S/C15H15N3O3/c1-10-5-4-8-17-14(10)18-13(19)9-21-15(20)11-6-2-3-7-12(11)16/h2-8H,9,16H2,1H3,(H,17,18,19). The molecule has 21 heavy (non-hydrogen) atoms. The molecule has 0 aliphatic rings. The number of nitrogens with zero attached hydrogens (tertiary/aromatic N) is 1. The Morgan fingerprint density at radius 2 is 2.00 bits per heavy atom. The Kier molecular flexibility index (Phi) is 4.50. The fourth-order valence-electron chi connectivity index (χ4n) is 1.68. The van der Waals surface area contributed by atoms with Crippen LogP contribution in [-0.2, 0) is 9.53 Å². The molecular weight excluding hydrogens is 270 g/mol. The van der Waals surface area contributed by atoms with Gasteiger partial charge >= 0.3 is 5.97 Å². The van der Waals surface area contributed by atoms with Crippen molar-refractivity contribution in [2.45, 2.75) is 6.92 Å². The number of aryl methyl sites for hydroxylation is 1. The average Bonchev–Trinajstić information content (AvgIpc) is 2.48. The molecule has 0 spiro atoms. The molecule has 0 radical (unpaired) electrons. The molecule has 1 amide bonds. The molecule has 0 bridgehead atoms. The van der Waals surface area contributed by atoms with Gasteiger partial charge in [0.05, 0.1) is 5.56 Å². The summed E-state index contributed by atoms with van der Waals surface area (Å²) in [5.74, 6) is -0.654. The summed E-state index contributed by atoms with van der Waals surface area (Å²) < 4.78 is 4.92. The molecule has 0 fully saturated rings. The highest BCUT2D eigenvalue weighted by atomic mass is 16.5. The number of carbonyl (C=O) groups is 2. The van der Waals surface area contributed by atoms with Crippen LogP contribution in [0.4, 0.5) is 11.5 Å². The van der Waals surface area contributed by atoms with Crippen molar-refractivity contribution in [2.75, 3.05) is 17.7 Å². The van der Waals surface area contributed by atoms with Crippen LogP contribution in [0.25, 0.3) is 0 Å². The Labute approximate surface area is 121 Å². The Balaban J connectivity index is 1.91. The highest BCUT2D eigenvalue weighted by molar-refractivity contribution is 5.98. The number of anilines is 2. The van der Waals surface area contributed by atoms with Crippen molar-refractivity contribution in [1.29, 1.82) is 0 Å². The number of rotatable bonds is 4. The van der Waals surface area contributed by atoms with Crippen molar-refractivity contribution in [3.63, 3.8) is 0 Å². The summed E-state index contributed by atoms with van der Waals surface area (Å²) in [4.78, 5) is 27.5. The fraction of sp³-hybridized carbons (Fsp3) is 0.133. The number of hydrogen-bond donors (Lipinski definition) is 2. The van der Waals surface area contributed by atoms with Gasteiger partial charge in [0.25, 0.3) is 5.91 Å². The summed E-state index contributed by atoms with van der Waals surface area (Å²) in [5.41, 5.74) is 7.03. The van der Waals surface area contributed by atoms with Crippen molar-refractivity contribution in [2.24, 2.45) is 0 Å². The van der Waals surface area contributed by atoms with E-state index in [1.807, 2.05) is 13.0 Å². The van der Waals surface area contributed by atoms with Gasteiger partial charge in [0.15, 0.2) is 6.61 Å². The topological polar surface area (TPSA) is 94.3 Å². The van der Waals surface area contributed by atoms with E-state index in [4.69, 9.17) is 10.5 Å². The first-order valence-electron chi connectivity index (χ1n) is 6.31. The van der Waals surface area contributed by atoms with Crippen LogP contribution in [-0.4, -0.2) is 23.5 Å². The molecule has 0 atom stereocenters. The van der Waals surface area contributed by atoms with E-state index in [2.05, 4.69) is 10.3 Å². The van der Waals surface area contributed by atoms with Crippen LogP contribution < -0.4 is 11.1 Å². The molecular formula is C15H15N3O3. The lowest BCUT2D eigenvalue weighted by Crippen LogP contribution is -2.22. The number of nitrogens with one attached hydrogen (secondary N) is 1. The SMILES string of the molecule is Cc1cccnc1NC(=O)COC(=O)c1ccccc1N. The van der Waals surface area contributed by atoms with E-state index in [-0.39, 0.29) is 5.56 Å². The number of carbonyl (C=O) groups excluding carboxylic acids is 2. The van der Waals surface area contributed by atoms with Gasteiger partial charge in [-0.25, -0.2) is 9.78 Å². The highest BCUT2D eigenvalue weighted by Crippen LogP contribution is 2.12. The van der Waals surface area contributed by atoms with Gasteiger partial charge in [-0.15, -0.1) is 0 Å². The van der Waals surface area contributed by atoms with Crippen molar-refractivity contribution in [1.82, 2.24) is 4.98 Å². The Morgan fingerprint density at radius 3 is 2.71 bits per heavy atom. The van der Waals surface area contributed by atoms with Crippen LogP contribution in [0.2, 0.25) is 0 Å². The monoisotopic (exact) mass is 285 g/mol. The van der Waals surface area contributed by atoms with E-state index in [0.717, 1.165) is 5.56 Å². The van der Waals surface area contributed by atoms with Crippen molar-refractivity contribution < 1.29 is 14.3 Å². The van der Waals surface area contributed by atoms with Gasteiger partial charge in [0.2, 0.25) is 0 Å². The number of hydrogen-bond acceptors (Lipinski definition) is 5. The molecule has 6 heteroatoms. The maximum atomic E-state index is 11.8. The molecule has 1 aromatic carbocycles. The molecule has 2 aromatic rings. The van der Waals surface area contributed by atoms with Crippen molar-refractivity contribution >= 4 is 23.4 Å². The summed E-state index contributed by atoms with van der Waals surface area (Å²) in [7, 11) is 0. The van der Waals surface area contributed by atoms with Gasteiger partial charge in [-0.1, -0.05) is 18.2 Å². The Morgan fingerprint density at radius 1 is 1.24 bits per heavy atom. The number of benzene rings is 1. The number of ether oxygens (including phenoxy) is 1. The first kappa shape index (κ1) is 14.5. The maximum absolute atomic E-state index is 11.8. The largest absolute Gasteiger partial charge is 0.452 e. The van der Waals surface area contributed by atoms with Crippen LogP contribution in [0.15, 0.2) is 42.6 Å². The van der Waals surface area contributed by atoms with Gasteiger partial charge < -0.3 is 15.8 Å². The Bertz CT molecular complexity index is 671.